The minimum Gasteiger partial charge on any atom is -0.370 e. The molecule has 1 heterocycles. The van der Waals surface area contributed by atoms with Gasteiger partial charge in [-0.3, -0.25) is 4.79 Å². The smallest absolute Gasteiger partial charge is 0.234 e. The highest BCUT2D eigenvalue weighted by molar-refractivity contribution is 6.27. The Balaban J connectivity index is 2.60. The number of rotatable bonds is 10. The molecule has 0 saturated carbocycles. The quantitative estimate of drug-likeness (QED) is 0.453. The van der Waals surface area contributed by atoms with Gasteiger partial charge < -0.3 is 16.4 Å². The first kappa shape index (κ1) is 18.5. The lowest BCUT2D eigenvalue weighted by Gasteiger charge is -2.14. The van der Waals surface area contributed by atoms with Crippen LogP contribution in [-0.4, -0.2) is 34.8 Å². The third-order valence-electron chi connectivity index (χ3n) is 3.35. The van der Waals surface area contributed by atoms with E-state index in [0.29, 0.717) is 6.54 Å². The van der Waals surface area contributed by atoms with Crippen LogP contribution >= 0.6 is 11.6 Å². The molecule has 1 amide bonds. The van der Waals surface area contributed by atoms with Crippen molar-refractivity contribution < 1.29 is 4.79 Å². The number of aromatic nitrogens is 2. The van der Waals surface area contributed by atoms with Crippen LogP contribution in [0.4, 0.5) is 11.8 Å². The molecule has 0 fully saturated rings. The zero-order chi connectivity index (χ0) is 16.4. The number of nitrogens with one attached hydrogen (secondary N) is 2. The monoisotopic (exact) mass is 327 g/mol. The first-order chi connectivity index (χ1) is 10.6. The topological polar surface area (TPSA) is 92.9 Å². The number of carbonyl (C=O) groups excluding carboxylic acids is 1. The number of nitrogens with zero attached hydrogens (tertiary/aromatic N) is 2. The Morgan fingerprint density at radius 1 is 1.23 bits per heavy atom. The van der Waals surface area contributed by atoms with Crippen molar-refractivity contribution in [3.63, 3.8) is 0 Å². The molecular weight excluding hydrogens is 302 g/mol. The van der Waals surface area contributed by atoms with Gasteiger partial charge in [0.25, 0.3) is 0 Å². The van der Waals surface area contributed by atoms with Gasteiger partial charge in [-0.25, -0.2) is 4.98 Å². The predicted octanol–water partition coefficient (Wildman–Crippen LogP) is 2.26. The van der Waals surface area contributed by atoms with Crippen molar-refractivity contribution >= 4 is 29.3 Å². The number of unbranched alkanes of at least 4 members (excludes halogenated alkanes) is 2. The Kier molecular flexibility index (Phi) is 8.58. The Morgan fingerprint density at radius 2 is 2.00 bits per heavy atom. The highest BCUT2D eigenvalue weighted by Crippen LogP contribution is 2.19. The second-order valence-corrected chi connectivity index (χ2v) is 5.48. The summed E-state index contributed by atoms with van der Waals surface area (Å²) in [6.45, 7) is 5.57. The van der Waals surface area contributed by atoms with Gasteiger partial charge in [-0.1, -0.05) is 19.8 Å². The Labute approximate surface area is 137 Å². The summed E-state index contributed by atoms with van der Waals surface area (Å²) in [5.74, 6) is 0.943. The normalized spacial score (nSPS) is 10.5. The van der Waals surface area contributed by atoms with Crippen LogP contribution in [0.5, 0.6) is 0 Å². The summed E-state index contributed by atoms with van der Waals surface area (Å²) in [5.41, 5.74) is 7.68. The third-order valence-corrected chi connectivity index (χ3v) is 3.59. The molecule has 1 aromatic rings. The lowest BCUT2D eigenvalue weighted by Crippen LogP contribution is -2.25. The molecule has 0 radical (unpaired) electrons. The zero-order valence-corrected chi connectivity index (χ0v) is 14.2. The number of aryl methyl sites for hydroxylation is 1. The van der Waals surface area contributed by atoms with Crippen LogP contribution in [-0.2, 0) is 11.2 Å². The number of hydrogen-bond acceptors (Lipinski definition) is 5. The maximum absolute atomic E-state index is 11.1. The number of halogens is 1. The van der Waals surface area contributed by atoms with E-state index in [9.17, 15) is 4.79 Å². The number of anilines is 2. The van der Waals surface area contributed by atoms with Crippen LogP contribution in [0.2, 0.25) is 0 Å². The van der Waals surface area contributed by atoms with Gasteiger partial charge in [-0.05, 0) is 26.2 Å². The van der Waals surface area contributed by atoms with Crippen LogP contribution in [0.25, 0.3) is 0 Å². The van der Waals surface area contributed by atoms with Crippen molar-refractivity contribution in [1.29, 1.82) is 0 Å². The van der Waals surface area contributed by atoms with E-state index in [1.54, 1.807) is 0 Å². The molecule has 0 aromatic carbocycles. The van der Waals surface area contributed by atoms with E-state index >= 15 is 0 Å². The fraction of sp³-hybridized carbons (Fsp3) is 0.667. The lowest BCUT2D eigenvalue weighted by molar-refractivity contribution is -0.118. The van der Waals surface area contributed by atoms with Crippen molar-refractivity contribution in [2.45, 2.75) is 46.0 Å². The van der Waals surface area contributed by atoms with E-state index in [1.165, 1.54) is 12.8 Å². The van der Waals surface area contributed by atoms with Crippen molar-refractivity contribution in [2.24, 2.45) is 0 Å². The molecular formula is C15H26ClN5O. The minimum absolute atomic E-state index is 0.00571. The van der Waals surface area contributed by atoms with Crippen LogP contribution in [0.15, 0.2) is 0 Å². The van der Waals surface area contributed by atoms with E-state index in [-0.39, 0.29) is 17.7 Å². The van der Waals surface area contributed by atoms with Gasteiger partial charge in [0, 0.05) is 24.3 Å². The standard InChI is InChI=1S/C15H26ClN5O/c1-3-4-5-8-19-14-12(11(2)20-15(17)21-14)7-6-9-18-13(22)10-16/h3-10H2,1-2H3,(H,18,22)(H3,17,19,20,21). The van der Waals surface area contributed by atoms with Gasteiger partial charge in [0.05, 0.1) is 0 Å². The molecule has 1 aromatic heterocycles. The summed E-state index contributed by atoms with van der Waals surface area (Å²) in [6.07, 6.45) is 5.06. The molecule has 0 atom stereocenters. The maximum Gasteiger partial charge on any atom is 0.234 e. The number of carbonyl (C=O) groups is 1. The van der Waals surface area contributed by atoms with E-state index in [1.807, 2.05) is 6.92 Å². The molecule has 124 valence electrons. The van der Waals surface area contributed by atoms with Gasteiger partial charge in [0.1, 0.15) is 11.7 Å². The van der Waals surface area contributed by atoms with Crippen LogP contribution < -0.4 is 16.4 Å². The van der Waals surface area contributed by atoms with Crippen molar-refractivity contribution in [2.75, 3.05) is 30.0 Å². The zero-order valence-electron chi connectivity index (χ0n) is 13.4. The molecule has 22 heavy (non-hydrogen) atoms. The van der Waals surface area contributed by atoms with Gasteiger partial charge in [-0.15, -0.1) is 11.6 Å². The molecule has 6 nitrogen and oxygen atoms in total. The van der Waals surface area contributed by atoms with Gasteiger partial charge in [0.15, 0.2) is 0 Å². The summed E-state index contributed by atoms with van der Waals surface area (Å²) in [5, 5.41) is 6.11. The number of nitrogens with two attached hydrogens (primary N) is 1. The van der Waals surface area contributed by atoms with Gasteiger partial charge >= 0.3 is 0 Å². The minimum atomic E-state index is -0.148. The fourth-order valence-corrected chi connectivity index (χ4v) is 2.28. The summed E-state index contributed by atoms with van der Waals surface area (Å²) < 4.78 is 0. The maximum atomic E-state index is 11.1. The Bertz CT molecular complexity index is 481. The largest absolute Gasteiger partial charge is 0.370 e. The second-order valence-electron chi connectivity index (χ2n) is 5.22. The van der Waals surface area contributed by atoms with Gasteiger partial charge in [0.2, 0.25) is 11.9 Å². The first-order valence-electron chi connectivity index (χ1n) is 7.78. The lowest BCUT2D eigenvalue weighted by atomic mass is 10.1. The van der Waals surface area contributed by atoms with Crippen molar-refractivity contribution in [1.82, 2.24) is 15.3 Å². The average molecular weight is 328 g/mol. The third kappa shape index (κ3) is 6.47. The Morgan fingerprint density at radius 3 is 2.68 bits per heavy atom. The van der Waals surface area contributed by atoms with Crippen molar-refractivity contribution in [3.8, 4) is 0 Å². The fourth-order valence-electron chi connectivity index (χ4n) is 2.19. The predicted molar refractivity (Wildman–Crippen MR) is 91.2 cm³/mol. The van der Waals surface area contributed by atoms with E-state index in [0.717, 1.165) is 42.9 Å². The molecule has 7 heteroatoms. The molecule has 0 aliphatic heterocycles. The molecule has 0 saturated heterocycles. The summed E-state index contributed by atoms with van der Waals surface area (Å²) in [6, 6.07) is 0. The van der Waals surface area contributed by atoms with Crippen LogP contribution in [0.1, 0.15) is 43.9 Å². The molecule has 0 unspecified atom stereocenters. The molecule has 4 N–H and O–H groups in total. The SMILES string of the molecule is CCCCCNc1nc(N)nc(C)c1CCCNC(=O)CCl. The molecule has 0 spiro atoms. The van der Waals surface area contributed by atoms with Crippen molar-refractivity contribution in [3.05, 3.63) is 11.3 Å². The highest BCUT2D eigenvalue weighted by atomic mass is 35.5. The average Bonchev–Trinajstić information content (AvgIpc) is 2.49. The highest BCUT2D eigenvalue weighted by Gasteiger charge is 2.10. The number of hydrogen-bond donors (Lipinski definition) is 3. The number of alkyl halides is 1. The first-order valence-corrected chi connectivity index (χ1v) is 8.31. The second kappa shape index (κ2) is 10.2. The molecule has 0 aliphatic rings. The molecule has 0 aliphatic carbocycles. The van der Waals surface area contributed by atoms with Crippen LogP contribution in [0.3, 0.4) is 0 Å². The van der Waals surface area contributed by atoms with Crippen LogP contribution in [0, 0.1) is 6.92 Å². The van der Waals surface area contributed by atoms with E-state index < -0.39 is 0 Å². The number of amides is 1. The summed E-state index contributed by atoms with van der Waals surface area (Å²) >= 11 is 5.44. The summed E-state index contributed by atoms with van der Waals surface area (Å²) in [4.78, 5) is 19.6. The Hall–Kier alpha value is -1.56. The summed E-state index contributed by atoms with van der Waals surface area (Å²) in [7, 11) is 0. The van der Waals surface area contributed by atoms with E-state index in [4.69, 9.17) is 17.3 Å². The molecule has 0 bridgehead atoms. The molecule has 1 rings (SSSR count). The van der Waals surface area contributed by atoms with E-state index in [2.05, 4.69) is 27.5 Å². The van der Waals surface area contributed by atoms with Gasteiger partial charge in [-0.2, -0.15) is 4.98 Å². The number of nitrogen functional groups attached to an aromatic ring is 1.